The predicted octanol–water partition coefficient (Wildman–Crippen LogP) is -0.0173. The molecule has 0 saturated heterocycles. The molecule has 0 fully saturated rings. The van der Waals surface area contributed by atoms with Gasteiger partial charge in [-0.1, -0.05) is 20.3 Å². The maximum atomic E-state index is 11.1. The summed E-state index contributed by atoms with van der Waals surface area (Å²) in [6.07, 6.45) is -0.530. The zero-order valence-electron chi connectivity index (χ0n) is 8.65. The number of hydrogen-bond acceptors (Lipinski definition) is 3. The topological polar surface area (TPSA) is 86.6 Å². The molecule has 5 heteroatoms. The van der Waals surface area contributed by atoms with Crippen molar-refractivity contribution < 1.29 is 19.8 Å². The van der Waals surface area contributed by atoms with Crippen LogP contribution in [0.25, 0.3) is 0 Å². The van der Waals surface area contributed by atoms with Crippen LogP contribution >= 0.6 is 0 Å². The lowest BCUT2D eigenvalue weighted by molar-refractivity contribution is -0.144. The molecule has 0 unspecified atom stereocenters. The van der Waals surface area contributed by atoms with E-state index in [4.69, 9.17) is 10.2 Å². The van der Waals surface area contributed by atoms with Crippen LogP contribution in [0.4, 0.5) is 0 Å². The third-order valence-corrected chi connectivity index (χ3v) is 2.16. The normalized spacial score (nSPS) is 16.9. The molecule has 3 N–H and O–H groups in total. The van der Waals surface area contributed by atoms with E-state index in [1.165, 1.54) is 6.92 Å². The highest BCUT2D eigenvalue weighted by Gasteiger charge is 2.26. The van der Waals surface area contributed by atoms with Gasteiger partial charge in [-0.05, 0) is 12.8 Å². The van der Waals surface area contributed by atoms with Crippen molar-refractivity contribution in [1.82, 2.24) is 5.32 Å². The van der Waals surface area contributed by atoms with Crippen LogP contribution in [0.1, 0.15) is 27.2 Å². The number of carboxylic acid groups (broad SMARTS) is 1. The summed E-state index contributed by atoms with van der Waals surface area (Å²) in [5.41, 5.74) is 0. The first-order valence-electron chi connectivity index (χ1n) is 4.61. The minimum absolute atomic E-state index is 0.157. The second kappa shape index (κ2) is 5.59. The van der Waals surface area contributed by atoms with E-state index in [1.807, 2.05) is 6.92 Å². The molecule has 0 radical (unpaired) electrons. The van der Waals surface area contributed by atoms with E-state index in [-0.39, 0.29) is 5.92 Å². The van der Waals surface area contributed by atoms with E-state index in [9.17, 15) is 9.59 Å². The fourth-order valence-electron chi connectivity index (χ4n) is 0.957. The summed E-state index contributed by atoms with van der Waals surface area (Å²) in [7, 11) is 0. The van der Waals surface area contributed by atoms with Gasteiger partial charge in [-0.15, -0.1) is 0 Å². The summed E-state index contributed by atoms with van der Waals surface area (Å²) in [5.74, 6) is -1.89. The van der Waals surface area contributed by atoms with Gasteiger partial charge in [-0.3, -0.25) is 4.79 Å². The van der Waals surface area contributed by atoms with Gasteiger partial charge in [0.15, 0.2) is 0 Å². The zero-order chi connectivity index (χ0) is 11.3. The van der Waals surface area contributed by atoms with Crippen LogP contribution in [0.5, 0.6) is 0 Å². The van der Waals surface area contributed by atoms with Crippen molar-refractivity contribution in [3.8, 4) is 0 Å². The van der Waals surface area contributed by atoms with Crippen LogP contribution in [-0.2, 0) is 9.59 Å². The number of nitrogens with one attached hydrogen (secondary N) is 1. The molecule has 0 aromatic rings. The molecule has 0 spiro atoms. The van der Waals surface area contributed by atoms with Crippen LogP contribution in [0.15, 0.2) is 0 Å². The molecule has 14 heavy (non-hydrogen) atoms. The number of aliphatic carboxylic acids is 1. The van der Waals surface area contributed by atoms with E-state index < -0.39 is 24.0 Å². The number of rotatable bonds is 5. The summed E-state index contributed by atoms with van der Waals surface area (Å²) < 4.78 is 0. The third kappa shape index (κ3) is 3.74. The maximum Gasteiger partial charge on any atom is 0.326 e. The summed E-state index contributed by atoms with van der Waals surface area (Å²) >= 11 is 0. The lowest BCUT2D eigenvalue weighted by Crippen LogP contribution is -2.48. The van der Waals surface area contributed by atoms with Crippen LogP contribution in [-0.4, -0.2) is 34.2 Å². The lowest BCUT2D eigenvalue weighted by atomic mass is 9.99. The minimum atomic E-state index is -1.18. The Morgan fingerprint density at radius 1 is 1.36 bits per heavy atom. The van der Waals surface area contributed by atoms with E-state index in [1.54, 1.807) is 6.92 Å². The summed E-state index contributed by atoms with van der Waals surface area (Å²) in [6, 6.07) is -0.929. The molecule has 0 aromatic heterocycles. The number of carbonyl (C=O) groups excluding carboxylic acids is 1. The van der Waals surface area contributed by atoms with Gasteiger partial charge in [0.05, 0.1) is 0 Å². The fourth-order valence-corrected chi connectivity index (χ4v) is 0.957. The van der Waals surface area contributed by atoms with E-state index in [2.05, 4.69) is 5.32 Å². The number of hydrogen-bond donors (Lipinski definition) is 3. The van der Waals surface area contributed by atoms with E-state index >= 15 is 0 Å². The van der Waals surface area contributed by atoms with Gasteiger partial charge in [0.25, 0.3) is 0 Å². The molecule has 0 rings (SSSR count). The molecule has 0 aliphatic rings. The molecule has 1 amide bonds. The van der Waals surface area contributed by atoms with Gasteiger partial charge < -0.3 is 15.5 Å². The second-order valence-corrected chi connectivity index (χ2v) is 3.39. The third-order valence-electron chi connectivity index (χ3n) is 2.16. The van der Waals surface area contributed by atoms with Gasteiger partial charge in [-0.25, -0.2) is 4.79 Å². The Hall–Kier alpha value is -1.10. The van der Waals surface area contributed by atoms with Crippen LogP contribution in [0.3, 0.4) is 0 Å². The van der Waals surface area contributed by atoms with Crippen LogP contribution in [0, 0.1) is 5.92 Å². The molecule has 0 aliphatic carbocycles. The van der Waals surface area contributed by atoms with Crippen molar-refractivity contribution in [2.45, 2.75) is 39.3 Å². The summed E-state index contributed by atoms with van der Waals surface area (Å²) in [4.78, 5) is 21.8. The molecule has 3 atom stereocenters. The lowest BCUT2D eigenvalue weighted by Gasteiger charge is -2.20. The van der Waals surface area contributed by atoms with Crippen molar-refractivity contribution in [2.24, 2.45) is 5.92 Å². The smallest absolute Gasteiger partial charge is 0.326 e. The highest BCUT2D eigenvalue weighted by atomic mass is 16.4. The Balaban J connectivity index is 4.38. The molecule has 0 aliphatic heterocycles. The highest BCUT2D eigenvalue weighted by molar-refractivity contribution is 5.85. The number of carboxylic acids is 1. The first-order valence-corrected chi connectivity index (χ1v) is 4.61. The quantitative estimate of drug-likeness (QED) is 0.586. The summed E-state index contributed by atoms with van der Waals surface area (Å²) in [6.45, 7) is 4.88. The van der Waals surface area contributed by atoms with Crippen molar-refractivity contribution in [2.75, 3.05) is 0 Å². The zero-order valence-corrected chi connectivity index (χ0v) is 8.65. The average molecular weight is 203 g/mol. The fraction of sp³-hybridized carbons (Fsp3) is 0.778. The molecular formula is C9H17NO4. The Kier molecular flexibility index (Phi) is 5.15. The minimum Gasteiger partial charge on any atom is -0.480 e. The van der Waals surface area contributed by atoms with Gasteiger partial charge in [0.2, 0.25) is 5.91 Å². The largest absolute Gasteiger partial charge is 0.480 e. The molecule has 82 valence electrons. The van der Waals surface area contributed by atoms with E-state index in [0.29, 0.717) is 6.42 Å². The molecular weight excluding hydrogens is 186 g/mol. The Bertz CT molecular complexity index is 215. The standard InChI is InChI=1S/C9H17NO4/c1-4-5(2)7(9(13)14)10-8(12)6(3)11/h5-7,11H,4H2,1-3H3,(H,10,12)(H,13,14)/t5-,6-,7-/m0/s1. The number of aliphatic hydroxyl groups is 1. The maximum absolute atomic E-state index is 11.1. The molecule has 0 bridgehead atoms. The van der Waals surface area contributed by atoms with Crippen molar-refractivity contribution in [3.05, 3.63) is 0 Å². The molecule has 0 saturated carbocycles. The molecule has 0 heterocycles. The Labute approximate surface area is 83.1 Å². The van der Waals surface area contributed by atoms with Crippen LogP contribution in [0.2, 0.25) is 0 Å². The van der Waals surface area contributed by atoms with Crippen molar-refractivity contribution >= 4 is 11.9 Å². The SMILES string of the molecule is CC[C@H](C)[C@H](NC(=O)[C@H](C)O)C(=O)O. The van der Waals surface area contributed by atoms with Gasteiger partial charge >= 0.3 is 5.97 Å². The van der Waals surface area contributed by atoms with Crippen molar-refractivity contribution in [1.29, 1.82) is 0 Å². The average Bonchev–Trinajstić information content (AvgIpc) is 2.11. The molecule has 0 aromatic carbocycles. The first-order chi connectivity index (χ1) is 6.40. The van der Waals surface area contributed by atoms with Gasteiger partial charge in [-0.2, -0.15) is 0 Å². The Morgan fingerprint density at radius 2 is 1.86 bits per heavy atom. The summed E-state index contributed by atoms with van der Waals surface area (Å²) in [5, 5.41) is 20.0. The van der Waals surface area contributed by atoms with Crippen LogP contribution < -0.4 is 5.32 Å². The van der Waals surface area contributed by atoms with Gasteiger partial charge in [0.1, 0.15) is 12.1 Å². The van der Waals surface area contributed by atoms with E-state index in [0.717, 1.165) is 0 Å². The predicted molar refractivity (Wildman–Crippen MR) is 50.7 cm³/mol. The monoisotopic (exact) mass is 203 g/mol. The van der Waals surface area contributed by atoms with Gasteiger partial charge in [0, 0.05) is 0 Å². The molecule has 5 nitrogen and oxygen atoms in total. The second-order valence-electron chi connectivity index (χ2n) is 3.39. The number of aliphatic hydroxyl groups excluding tert-OH is 1. The number of carbonyl (C=O) groups is 2. The van der Waals surface area contributed by atoms with Crippen molar-refractivity contribution in [3.63, 3.8) is 0 Å². The first kappa shape index (κ1) is 12.9. The highest BCUT2D eigenvalue weighted by Crippen LogP contribution is 2.07. The number of amides is 1. The Morgan fingerprint density at radius 3 is 2.14 bits per heavy atom.